The number of halogens is 1. The maximum absolute atomic E-state index is 12.8. The van der Waals surface area contributed by atoms with Crippen LogP contribution in [0, 0.1) is 0 Å². The van der Waals surface area contributed by atoms with E-state index in [0.717, 1.165) is 30.6 Å². The highest BCUT2D eigenvalue weighted by molar-refractivity contribution is 7.89. The number of sulfonamides is 1. The zero-order chi connectivity index (χ0) is 22.4. The third-order valence-corrected chi connectivity index (χ3v) is 8.20. The quantitative estimate of drug-likeness (QED) is 0.558. The molecule has 10 heteroatoms. The Hall–Kier alpha value is -1.94. The topological polar surface area (TPSA) is 84.0 Å². The van der Waals surface area contributed by atoms with Crippen molar-refractivity contribution in [3.8, 4) is 0 Å². The number of hydrogen-bond donors (Lipinski definition) is 0. The van der Waals surface area contributed by atoms with Crippen molar-refractivity contribution in [3.63, 3.8) is 0 Å². The second-order valence-corrected chi connectivity index (χ2v) is 11.1. The van der Waals surface area contributed by atoms with Crippen LogP contribution in [0.4, 0.5) is 0 Å². The standard InChI is InChI=1S/C21H25ClN2O5S2/c1-23(14-17-8-11-19(22)30-17)20(25)15-29-21(26)16-6-9-18(10-7-16)31(27,28)24-12-4-2-3-5-13-24/h6-11H,2-5,12-15H2,1H3. The molecule has 0 spiro atoms. The molecule has 1 aliphatic rings. The van der Waals surface area contributed by atoms with Crippen LogP contribution in [0.3, 0.4) is 0 Å². The summed E-state index contributed by atoms with van der Waals surface area (Å²) in [5, 5.41) is 0. The van der Waals surface area contributed by atoms with Gasteiger partial charge in [0.15, 0.2) is 6.61 Å². The van der Waals surface area contributed by atoms with Gasteiger partial charge in [-0.3, -0.25) is 4.79 Å². The van der Waals surface area contributed by atoms with Gasteiger partial charge in [-0.2, -0.15) is 4.31 Å². The first-order valence-corrected chi connectivity index (χ1v) is 12.7. The van der Waals surface area contributed by atoms with E-state index in [1.807, 2.05) is 6.07 Å². The summed E-state index contributed by atoms with van der Waals surface area (Å²) >= 11 is 7.27. The van der Waals surface area contributed by atoms with E-state index in [4.69, 9.17) is 16.3 Å². The Balaban J connectivity index is 1.55. The van der Waals surface area contributed by atoms with Crippen molar-refractivity contribution in [2.75, 3.05) is 26.7 Å². The van der Waals surface area contributed by atoms with E-state index in [0.29, 0.717) is 24.0 Å². The van der Waals surface area contributed by atoms with Crippen LogP contribution in [-0.4, -0.2) is 56.2 Å². The minimum absolute atomic E-state index is 0.149. The normalized spacial score (nSPS) is 15.3. The lowest BCUT2D eigenvalue weighted by Crippen LogP contribution is -2.32. The molecule has 0 radical (unpaired) electrons. The molecule has 31 heavy (non-hydrogen) atoms. The van der Waals surface area contributed by atoms with Crippen molar-refractivity contribution in [2.24, 2.45) is 0 Å². The van der Waals surface area contributed by atoms with Gasteiger partial charge >= 0.3 is 5.97 Å². The Morgan fingerprint density at radius 2 is 1.71 bits per heavy atom. The first kappa shape index (κ1) is 23.7. The Bertz CT molecular complexity index is 1010. The summed E-state index contributed by atoms with van der Waals surface area (Å²) in [5.41, 5.74) is 0.190. The lowest BCUT2D eigenvalue weighted by molar-refractivity contribution is -0.133. The Morgan fingerprint density at radius 3 is 2.29 bits per heavy atom. The molecule has 1 fully saturated rings. The van der Waals surface area contributed by atoms with Gasteiger partial charge in [-0.05, 0) is 49.2 Å². The number of ether oxygens (including phenoxy) is 1. The van der Waals surface area contributed by atoms with E-state index >= 15 is 0 Å². The molecule has 1 aromatic carbocycles. The summed E-state index contributed by atoms with van der Waals surface area (Å²) < 4.78 is 32.9. The molecule has 1 aliphatic heterocycles. The van der Waals surface area contributed by atoms with Crippen LogP contribution in [0.5, 0.6) is 0 Å². The number of esters is 1. The van der Waals surface area contributed by atoms with E-state index in [1.165, 1.54) is 44.8 Å². The van der Waals surface area contributed by atoms with Crippen LogP contribution >= 0.6 is 22.9 Å². The minimum Gasteiger partial charge on any atom is -0.452 e. The lowest BCUT2D eigenvalue weighted by atomic mass is 10.2. The summed E-state index contributed by atoms with van der Waals surface area (Å²) in [6.07, 6.45) is 3.77. The molecular weight excluding hydrogens is 460 g/mol. The van der Waals surface area contributed by atoms with E-state index in [2.05, 4.69) is 0 Å². The fourth-order valence-corrected chi connectivity index (χ4v) is 5.93. The average Bonchev–Trinajstić information content (AvgIpc) is 2.99. The number of hydrogen-bond acceptors (Lipinski definition) is 6. The molecule has 0 bridgehead atoms. The van der Waals surface area contributed by atoms with Crippen molar-refractivity contribution in [3.05, 3.63) is 51.2 Å². The number of rotatable bonds is 7. The summed E-state index contributed by atoms with van der Waals surface area (Å²) in [6, 6.07) is 9.24. The first-order chi connectivity index (χ1) is 14.8. The highest BCUT2D eigenvalue weighted by atomic mass is 35.5. The summed E-state index contributed by atoms with van der Waals surface area (Å²) in [6.45, 7) is 0.998. The van der Waals surface area contributed by atoms with Crippen molar-refractivity contribution >= 4 is 44.8 Å². The summed E-state index contributed by atoms with van der Waals surface area (Å²) in [5.74, 6) is -1.03. The second-order valence-electron chi connectivity index (χ2n) is 7.37. The van der Waals surface area contributed by atoms with Gasteiger partial charge in [0, 0.05) is 25.0 Å². The fourth-order valence-electron chi connectivity index (χ4n) is 3.27. The number of benzene rings is 1. The number of thiophene rings is 1. The molecular formula is C21H25ClN2O5S2. The highest BCUT2D eigenvalue weighted by Crippen LogP contribution is 2.23. The lowest BCUT2D eigenvalue weighted by Gasteiger charge is -2.20. The minimum atomic E-state index is -3.58. The molecule has 1 amide bonds. The molecule has 0 aliphatic carbocycles. The zero-order valence-electron chi connectivity index (χ0n) is 17.3. The molecule has 168 valence electrons. The van der Waals surface area contributed by atoms with Crippen LogP contribution in [0.15, 0.2) is 41.3 Å². The van der Waals surface area contributed by atoms with Crippen LogP contribution in [0.2, 0.25) is 4.34 Å². The number of carbonyl (C=O) groups is 2. The van der Waals surface area contributed by atoms with Crippen molar-refractivity contribution < 1.29 is 22.7 Å². The van der Waals surface area contributed by atoms with Crippen molar-refractivity contribution in [2.45, 2.75) is 37.1 Å². The number of nitrogens with zero attached hydrogens (tertiary/aromatic N) is 2. The van der Waals surface area contributed by atoms with E-state index in [-0.39, 0.29) is 16.4 Å². The largest absolute Gasteiger partial charge is 0.452 e. The van der Waals surface area contributed by atoms with Crippen molar-refractivity contribution in [1.29, 1.82) is 0 Å². The number of amides is 1. The maximum atomic E-state index is 12.8. The molecule has 3 rings (SSSR count). The Kier molecular flexibility index (Phi) is 8.10. The molecule has 1 saturated heterocycles. The van der Waals surface area contributed by atoms with Gasteiger partial charge in [-0.1, -0.05) is 24.4 Å². The van der Waals surface area contributed by atoms with Crippen LogP contribution in [0.25, 0.3) is 0 Å². The molecule has 0 N–H and O–H groups in total. The molecule has 7 nitrogen and oxygen atoms in total. The van der Waals surface area contributed by atoms with Crippen molar-refractivity contribution in [1.82, 2.24) is 9.21 Å². The SMILES string of the molecule is CN(Cc1ccc(Cl)s1)C(=O)COC(=O)c1ccc(S(=O)(=O)N2CCCCCC2)cc1. The average molecular weight is 485 g/mol. The van der Waals surface area contributed by atoms with Gasteiger partial charge in [0.1, 0.15) is 0 Å². The third kappa shape index (κ3) is 6.29. The van der Waals surface area contributed by atoms with E-state index in [9.17, 15) is 18.0 Å². The monoisotopic (exact) mass is 484 g/mol. The van der Waals surface area contributed by atoms with Gasteiger partial charge in [0.05, 0.1) is 21.3 Å². The molecule has 0 unspecified atom stereocenters. The van der Waals surface area contributed by atoms with Crippen LogP contribution in [-0.2, 0) is 26.1 Å². The zero-order valence-corrected chi connectivity index (χ0v) is 19.6. The first-order valence-electron chi connectivity index (χ1n) is 10.0. The molecule has 0 atom stereocenters. The maximum Gasteiger partial charge on any atom is 0.338 e. The van der Waals surface area contributed by atoms with Gasteiger partial charge in [0.25, 0.3) is 5.91 Å². The predicted molar refractivity (Wildman–Crippen MR) is 120 cm³/mol. The van der Waals surface area contributed by atoms with Gasteiger partial charge in [-0.15, -0.1) is 11.3 Å². The highest BCUT2D eigenvalue weighted by Gasteiger charge is 2.25. The Labute approximate surface area is 191 Å². The van der Waals surface area contributed by atoms with Gasteiger partial charge in [-0.25, -0.2) is 13.2 Å². The van der Waals surface area contributed by atoms with E-state index in [1.54, 1.807) is 13.1 Å². The third-order valence-electron chi connectivity index (χ3n) is 5.07. The Morgan fingerprint density at radius 1 is 1.06 bits per heavy atom. The number of likely N-dealkylation sites (N-methyl/N-ethyl adjacent to an activating group) is 1. The van der Waals surface area contributed by atoms with Crippen LogP contribution in [0.1, 0.15) is 40.9 Å². The second kappa shape index (κ2) is 10.6. The smallest absolute Gasteiger partial charge is 0.338 e. The molecule has 2 heterocycles. The molecule has 0 saturated carbocycles. The fraction of sp³-hybridized carbons (Fsp3) is 0.429. The van der Waals surface area contributed by atoms with Crippen LogP contribution < -0.4 is 0 Å². The molecule has 1 aromatic heterocycles. The summed E-state index contributed by atoms with van der Waals surface area (Å²) in [4.78, 5) is 27.0. The molecule has 2 aromatic rings. The van der Waals surface area contributed by atoms with E-state index < -0.39 is 22.6 Å². The van der Waals surface area contributed by atoms with Gasteiger partial charge in [0.2, 0.25) is 10.0 Å². The predicted octanol–water partition coefficient (Wildman–Crippen LogP) is 3.78. The van der Waals surface area contributed by atoms with Gasteiger partial charge < -0.3 is 9.64 Å². The number of carbonyl (C=O) groups excluding carboxylic acids is 2. The summed E-state index contributed by atoms with van der Waals surface area (Å²) in [7, 11) is -1.96.